The topological polar surface area (TPSA) is 123 Å². The van der Waals surface area contributed by atoms with Gasteiger partial charge >= 0.3 is 6.09 Å². The molecule has 1 N–H and O–H groups in total. The third kappa shape index (κ3) is 6.67. The molecular weight excluding hydrogens is 592 g/mol. The van der Waals surface area contributed by atoms with Crippen LogP contribution in [-0.2, 0) is 21.3 Å². The average Bonchev–Trinajstić information content (AvgIpc) is 3.62. The van der Waals surface area contributed by atoms with Crippen LogP contribution >= 0.6 is 11.5 Å². The predicted molar refractivity (Wildman–Crippen MR) is 154 cm³/mol. The van der Waals surface area contributed by atoms with Crippen molar-refractivity contribution in [2.75, 3.05) is 36.9 Å². The van der Waals surface area contributed by atoms with Crippen LogP contribution in [0, 0.1) is 18.6 Å². The number of methoxy groups -OCH3 is 2. The zero-order chi connectivity index (χ0) is 30.8. The van der Waals surface area contributed by atoms with Crippen molar-refractivity contribution in [2.45, 2.75) is 57.2 Å². The molecule has 228 valence electrons. The number of rotatable bonds is 9. The fraction of sp³-hybridized carbons (Fsp3) is 0.444. The van der Waals surface area contributed by atoms with Crippen molar-refractivity contribution in [2.24, 2.45) is 0 Å². The SMILES string of the molecule is COc1ccc(CN(c2ncns2)S(=O)(=O)c2c(F)cc(NC3CCN(C(=O)OC(C)(C)C)C3)c(C)c2F)c(OC)c1. The highest BCUT2D eigenvalue weighted by Crippen LogP contribution is 2.36. The Balaban J connectivity index is 1.64. The summed E-state index contributed by atoms with van der Waals surface area (Å²) in [6, 6.07) is 5.40. The second kappa shape index (κ2) is 12.3. The van der Waals surface area contributed by atoms with Gasteiger partial charge in [-0.2, -0.15) is 4.37 Å². The van der Waals surface area contributed by atoms with E-state index in [-0.39, 0.29) is 35.5 Å². The molecule has 3 aromatic rings. The molecule has 4 rings (SSSR count). The van der Waals surface area contributed by atoms with Crippen LogP contribution in [0.3, 0.4) is 0 Å². The Morgan fingerprint density at radius 2 is 1.95 bits per heavy atom. The number of amides is 1. The van der Waals surface area contributed by atoms with Crippen molar-refractivity contribution in [1.82, 2.24) is 14.3 Å². The number of carbonyl (C=O) groups is 1. The minimum absolute atomic E-state index is 0.0827. The summed E-state index contributed by atoms with van der Waals surface area (Å²) in [6.07, 6.45) is 1.19. The fourth-order valence-corrected chi connectivity index (χ4v) is 6.75. The number of halogens is 2. The molecule has 2 heterocycles. The van der Waals surface area contributed by atoms with Crippen LogP contribution in [0.1, 0.15) is 38.3 Å². The van der Waals surface area contributed by atoms with Gasteiger partial charge in [-0.3, -0.25) is 0 Å². The lowest BCUT2D eigenvalue weighted by atomic mass is 10.1. The summed E-state index contributed by atoms with van der Waals surface area (Å²) in [5.74, 6) is -1.73. The summed E-state index contributed by atoms with van der Waals surface area (Å²) in [4.78, 5) is 16.8. The predicted octanol–water partition coefficient (Wildman–Crippen LogP) is 4.96. The molecule has 42 heavy (non-hydrogen) atoms. The van der Waals surface area contributed by atoms with Crippen LogP contribution in [0.5, 0.6) is 11.5 Å². The van der Waals surface area contributed by atoms with Gasteiger partial charge in [0.2, 0.25) is 5.13 Å². The monoisotopic (exact) mass is 625 g/mol. The molecular formula is C27H33F2N5O6S2. The fourth-order valence-electron chi connectivity index (χ4n) is 4.45. The molecule has 1 saturated heterocycles. The first-order valence-electron chi connectivity index (χ1n) is 13.0. The lowest BCUT2D eigenvalue weighted by molar-refractivity contribution is 0.0293. The lowest BCUT2D eigenvalue weighted by Crippen LogP contribution is -2.36. The molecule has 0 saturated carbocycles. The Hall–Kier alpha value is -3.72. The average molecular weight is 626 g/mol. The van der Waals surface area contributed by atoms with Gasteiger partial charge in [-0.05, 0) is 52.3 Å². The number of benzene rings is 2. The number of likely N-dealkylation sites (tertiary alicyclic amines) is 1. The van der Waals surface area contributed by atoms with Gasteiger partial charge in [-0.15, -0.1) is 0 Å². The molecule has 0 spiro atoms. The number of ether oxygens (including phenoxy) is 3. The molecule has 11 nitrogen and oxygen atoms in total. The number of carbonyl (C=O) groups excluding carboxylic acids is 1. The van der Waals surface area contributed by atoms with Gasteiger partial charge in [0, 0.05) is 53.5 Å². The van der Waals surface area contributed by atoms with Crippen LogP contribution in [0.15, 0.2) is 35.5 Å². The summed E-state index contributed by atoms with van der Waals surface area (Å²) in [7, 11) is -1.94. The summed E-state index contributed by atoms with van der Waals surface area (Å²) in [6.45, 7) is 6.97. The van der Waals surface area contributed by atoms with E-state index >= 15 is 8.78 Å². The molecule has 1 atom stereocenters. The zero-order valence-electron chi connectivity index (χ0n) is 24.1. The van der Waals surface area contributed by atoms with E-state index in [0.29, 0.717) is 30.0 Å². The first-order chi connectivity index (χ1) is 19.7. The van der Waals surface area contributed by atoms with Crippen LogP contribution < -0.4 is 19.1 Å². The van der Waals surface area contributed by atoms with Gasteiger partial charge < -0.3 is 24.4 Å². The van der Waals surface area contributed by atoms with Crippen molar-refractivity contribution >= 4 is 38.5 Å². The van der Waals surface area contributed by atoms with E-state index in [2.05, 4.69) is 14.7 Å². The summed E-state index contributed by atoms with van der Waals surface area (Å²) >= 11 is 0.759. The van der Waals surface area contributed by atoms with Crippen LogP contribution in [0.25, 0.3) is 0 Å². The van der Waals surface area contributed by atoms with E-state index in [1.165, 1.54) is 26.0 Å². The van der Waals surface area contributed by atoms with Gasteiger partial charge in [0.25, 0.3) is 10.0 Å². The smallest absolute Gasteiger partial charge is 0.410 e. The quantitative estimate of drug-likeness (QED) is 0.352. The summed E-state index contributed by atoms with van der Waals surface area (Å²) < 4.78 is 79.8. The standard InChI is InChI=1S/C27H33F2N5O6S2/c1-16-21(32-18-9-10-33(14-18)26(35)40-27(2,3)4)12-20(28)24(23(16)29)42(36,37)34(25-30-15-31-41-25)13-17-7-8-19(38-5)11-22(17)39-6/h7-8,11-12,15,18,32H,9-10,13-14H2,1-6H3. The van der Waals surface area contributed by atoms with E-state index in [1.807, 2.05) is 0 Å². The van der Waals surface area contributed by atoms with Crippen LogP contribution in [0.4, 0.5) is 24.4 Å². The zero-order valence-corrected chi connectivity index (χ0v) is 25.7. The van der Waals surface area contributed by atoms with Crippen molar-refractivity contribution < 1.29 is 36.2 Å². The largest absolute Gasteiger partial charge is 0.497 e. The normalized spacial score (nSPS) is 15.4. The molecule has 0 bridgehead atoms. The number of hydrogen-bond donors (Lipinski definition) is 1. The Morgan fingerprint density at radius 1 is 1.21 bits per heavy atom. The Morgan fingerprint density at radius 3 is 2.57 bits per heavy atom. The van der Waals surface area contributed by atoms with Crippen molar-refractivity contribution in [1.29, 1.82) is 0 Å². The van der Waals surface area contributed by atoms with Gasteiger partial charge in [0.15, 0.2) is 10.7 Å². The van der Waals surface area contributed by atoms with Crippen molar-refractivity contribution in [3.05, 3.63) is 53.4 Å². The molecule has 1 unspecified atom stereocenters. The Kier molecular flexibility index (Phi) is 9.11. The summed E-state index contributed by atoms with van der Waals surface area (Å²) in [5.41, 5.74) is -0.263. The van der Waals surface area contributed by atoms with Crippen molar-refractivity contribution in [3.63, 3.8) is 0 Å². The molecule has 1 aliphatic heterocycles. The molecule has 1 aromatic heterocycles. The minimum Gasteiger partial charge on any atom is -0.497 e. The maximum absolute atomic E-state index is 15.8. The van der Waals surface area contributed by atoms with E-state index in [9.17, 15) is 13.2 Å². The maximum Gasteiger partial charge on any atom is 0.410 e. The number of nitrogens with zero attached hydrogens (tertiary/aromatic N) is 4. The second-order valence-electron chi connectivity index (χ2n) is 10.6. The third-order valence-corrected chi connectivity index (χ3v) is 9.12. The van der Waals surface area contributed by atoms with Crippen LogP contribution in [-0.4, -0.2) is 67.7 Å². The van der Waals surface area contributed by atoms with Crippen LogP contribution in [0.2, 0.25) is 0 Å². The number of nitrogens with one attached hydrogen (secondary N) is 1. The molecule has 0 aliphatic carbocycles. The first kappa shape index (κ1) is 31.2. The van der Waals surface area contributed by atoms with Gasteiger partial charge in [-0.1, -0.05) is 0 Å². The minimum atomic E-state index is -4.82. The number of hydrogen-bond acceptors (Lipinski definition) is 10. The molecule has 1 amide bonds. The van der Waals surface area contributed by atoms with Crippen molar-refractivity contribution in [3.8, 4) is 11.5 Å². The Bertz CT molecular complexity index is 1550. The van der Waals surface area contributed by atoms with E-state index in [4.69, 9.17) is 14.2 Å². The molecule has 15 heteroatoms. The number of sulfonamides is 1. The van der Waals surface area contributed by atoms with Gasteiger partial charge in [0.05, 0.1) is 20.8 Å². The third-order valence-electron chi connectivity index (χ3n) is 6.54. The van der Waals surface area contributed by atoms with E-state index in [1.54, 1.807) is 39.0 Å². The highest BCUT2D eigenvalue weighted by Gasteiger charge is 2.36. The van der Waals surface area contributed by atoms with Gasteiger partial charge in [-0.25, -0.2) is 31.3 Å². The first-order valence-corrected chi connectivity index (χ1v) is 15.2. The highest BCUT2D eigenvalue weighted by atomic mass is 32.2. The maximum atomic E-state index is 15.8. The molecule has 1 aliphatic rings. The molecule has 2 aromatic carbocycles. The highest BCUT2D eigenvalue weighted by molar-refractivity contribution is 7.93. The van der Waals surface area contributed by atoms with Gasteiger partial charge in [0.1, 0.15) is 29.2 Å². The number of anilines is 2. The summed E-state index contributed by atoms with van der Waals surface area (Å²) in [5, 5.41) is 2.97. The number of aromatic nitrogens is 2. The van der Waals surface area contributed by atoms with E-state index < -0.39 is 38.2 Å². The molecule has 1 fully saturated rings. The lowest BCUT2D eigenvalue weighted by Gasteiger charge is -2.25. The van der Waals surface area contributed by atoms with E-state index in [0.717, 1.165) is 28.2 Å². The second-order valence-corrected chi connectivity index (χ2v) is 13.2. The molecule has 0 radical (unpaired) electrons. The Labute approximate surface area is 247 Å².